The van der Waals surface area contributed by atoms with E-state index < -0.39 is 5.54 Å². The molecule has 2 N–H and O–H groups in total. The van der Waals surface area contributed by atoms with Crippen LogP contribution < -0.4 is 5.73 Å². The van der Waals surface area contributed by atoms with E-state index in [0.717, 1.165) is 38.8 Å². The second-order valence-electron chi connectivity index (χ2n) is 6.67. The molecule has 0 radical (unpaired) electrons. The number of amides is 1. The van der Waals surface area contributed by atoms with Crippen molar-refractivity contribution in [2.24, 2.45) is 11.7 Å². The van der Waals surface area contributed by atoms with Crippen molar-refractivity contribution in [3.8, 4) is 0 Å². The Labute approximate surface area is 117 Å². The molecule has 1 aliphatic heterocycles. The summed E-state index contributed by atoms with van der Waals surface area (Å²) in [6, 6.07) is 0. The summed E-state index contributed by atoms with van der Waals surface area (Å²) in [5, 5.41) is 0. The van der Waals surface area contributed by atoms with E-state index in [4.69, 9.17) is 5.73 Å². The molecule has 2 fully saturated rings. The summed E-state index contributed by atoms with van der Waals surface area (Å²) in [6.07, 6.45) is 7.63. The molecule has 0 spiro atoms. The van der Waals surface area contributed by atoms with Crippen LogP contribution in [0.3, 0.4) is 0 Å². The highest BCUT2D eigenvalue weighted by atomic mass is 16.2. The van der Waals surface area contributed by atoms with Gasteiger partial charge in [0.1, 0.15) is 0 Å². The summed E-state index contributed by atoms with van der Waals surface area (Å²) in [6.45, 7) is 3.16. The number of nitrogens with two attached hydrogens (primary N) is 1. The second-order valence-corrected chi connectivity index (χ2v) is 6.67. The molecular formula is C15H29N3O. The van der Waals surface area contributed by atoms with Crippen LogP contribution in [0.25, 0.3) is 0 Å². The molecule has 0 bridgehead atoms. The van der Waals surface area contributed by atoms with Crippen molar-refractivity contribution in [2.75, 3.05) is 33.7 Å². The van der Waals surface area contributed by atoms with E-state index in [0.29, 0.717) is 5.92 Å². The Morgan fingerprint density at radius 3 is 2.63 bits per heavy atom. The van der Waals surface area contributed by atoms with Crippen LogP contribution in [0.4, 0.5) is 0 Å². The molecule has 0 aromatic carbocycles. The lowest BCUT2D eigenvalue weighted by molar-refractivity contribution is -0.137. The molecule has 2 aliphatic rings. The Morgan fingerprint density at radius 1 is 1.32 bits per heavy atom. The molecular weight excluding hydrogens is 238 g/mol. The van der Waals surface area contributed by atoms with Gasteiger partial charge in [-0.25, -0.2) is 0 Å². The number of hydrogen-bond donors (Lipinski definition) is 1. The van der Waals surface area contributed by atoms with E-state index in [1.165, 1.54) is 25.8 Å². The summed E-state index contributed by atoms with van der Waals surface area (Å²) >= 11 is 0. The maximum Gasteiger partial charge on any atom is 0.242 e. The largest absolute Gasteiger partial charge is 0.344 e. The number of hydrogen-bond acceptors (Lipinski definition) is 3. The Hall–Kier alpha value is -0.610. The lowest BCUT2D eigenvalue weighted by Crippen LogP contribution is -2.56. The van der Waals surface area contributed by atoms with Gasteiger partial charge in [-0.15, -0.1) is 0 Å². The van der Waals surface area contributed by atoms with Crippen molar-refractivity contribution < 1.29 is 4.79 Å². The Morgan fingerprint density at radius 2 is 2.00 bits per heavy atom. The van der Waals surface area contributed by atoms with Crippen LogP contribution in [0.5, 0.6) is 0 Å². The average molecular weight is 267 g/mol. The molecule has 4 nitrogen and oxygen atoms in total. The smallest absolute Gasteiger partial charge is 0.242 e. The summed E-state index contributed by atoms with van der Waals surface area (Å²) in [5.41, 5.74) is 5.76. The van der Waals surface area contributed by atoms with Gasteiger partial charge in [-0.2, -0.15) is 0 Å². The zero-order chi connectivity index (χ0) is 13.9. The number of piperidine rings is 1. The predicted octanol–water partition coefficient (Wildman–Crippen LogP) is 1.45. The van der Waals surface area contributed by atoms with Crippen LogP contribution in [0.2, 0.25) is 0 Å². The van der Waals surface area contributed by atoms with Crippen molar-refractivity contribution >= 4 is 5.91 Å². The van der Waals surface area contributed by atoms with Crippen LogP contribution in [0.15, 0.2) is 0 Å². The molecule has 0 aromatic rings. The molecule has 4 heteroatoms. The van der Waals surface area contributed by atoms with E-state index in [2.05, 4.69) is 11.9 Å². The van der Waals surface area contributed by atoms with Crippen molar-refractivity contribution in [2.45, 2.75) is 50.5 Å². The highest BCUT2D eigenvalue weighted by molar-refractivity contribution is 5.86. The molecule has 2 rings (SSSR count). The van der Waals surface area contributed by atoms with E-state index in [-0.39, 0.29) is 5.91 Å². The fourth-order valence-corrected chi connectivity index (χ4v) is 3.67. The number of likely N-dealkylation sites (tertiary alicyclic amines) is 1. The Bertz CT molecular complexity index is 313. The number of rotatable bonds is 3. The normalized spacial score (nSPS) is 28.1. The third-order valence-corrected chi connectivity index (χ3v) is 4.77. The van der Waals surface area contributed by atoms with E-state index in [1.807, 2.05) is 11.9 Å². The zero-order valence-electron chi connectivity index (χ0n) is 12.5. The molecule has 1 saturated carbocycles. The Kier molecular flexibility index (Phi) is 4.85. The third-order valence-electron chi connectivity index (χ3n) is 4.77. The van der Waals surface area contributed by atoms with Crippen molar-refractivity contribution in [3.05, 3.63) is 0 Å². The molecule has 1 aliphatic carbocycles. The number of likely N-dealkylation sites (N-methyl/N-ethyl adjacent to an activating group) is 1. The second kappa shape index (κ2) is 6.23. The van der Waals surface area contributed by atoms with Gasteiger partial charge in [0.25, 0.3) is 0 Å². The van der Waals surface area contributed by atoms with E-state index in [9.17, 15) is 4.79 Å². The first-order valence-corrected chi connectivity index (χ1v) is 7.74. The monoisotopic (exact) mass is 267 g/mol. The van der Waals surface area contributed by atoms with Gasteiger partial charge in [-0.1, -0.05) is 19.3 Å². The summed E-state index contributed by atoms with van der Waals surface area (Å²) < 4.78 is 0. The SMILES string of the molecule is CN1CCCC(CN(C)C(=O)C2(N)CCCCC2)C1. The van der Waals surface area contributed by atoms with Gasteiger partial charge in [0.05, 0.1) is 5.54 Å². The fraction of sp³-hybridized carbons (Fsp3) is 0.933. The Balaban J connectivity index is 1.87. The lowest BCUT2D eigenvalue weighted by atomic mass is 9.81. The minimum Gasteiger partial charge on any atom is -0.344 e. The van der Waals surface area contributed by atoms with Crippen LogP contribution in [-0.2, 0) is 4.79 Å². The van der Waals surface area contributed by atoms with Crippen molar-refractivity contribution in [1.29, 1.82) is 0 Å². The first kappa shape index (κ1) is 14.8. The van der Waals surface area contributed by atoms with Crippen LogP contribution in [-0.4, -0.2) is 55.0 Å². The third kappa shape index (κ3) is 3.69. The van der Waals surface area contributed by atoms with Gasteiger partial charge >= 0.3 is 0 Å². The maximum atomic E-state index is 12.6. The molecule has 1 amide bonds. The minimum atomic E-state index is -0.576. The first-order chi connectivity index (χ1) is 9.01. The number of carbonyl (C=O) groups is 1. The van der Waals surface area contributed by atoms with Gasteiger partial charge in [0.15, 0.2) is 0 Å². The number of nitrogens with zero attached hydrogens (tertiary/aromatic N) is 2. The van der Waals surface area contributed by atoms with Crippen LogP contribution in [0, 0.1) is 5.92 Å². The molecule has 0 aromatic heterocycles. The van der Waals surface area contributed by atoms with Crippen molar-refractivity contribution in [1.82, 2.24) is 9.80 Å². The van der Waals surface area contributed by atoms with E-state index >= 15 is 0 Å². The van der Waals surface area contributed by atoms with Gasteiger partial charge in [-0.05, 0) is 45.2 Å². The molecule has 1 atom stereocenters. The van der Waals surface area contributed by atoms with Gasteiger partial charge in [-0.3, -0.25) is 4.79 Å². The van der Waals surface area contributed by atoms with Crippen LogP contribution in [0.1, 0.15) is 44.9 Å². The van der Waals surface area contributed by atoms with Gasteiger partial charge in [0, 0.05) is 20.1 Å². The van der Waals surface area contributed by atoms with Crippen LogP contribution >= 0.6 is 0 Å². The fourth-order valence-electron chi connectivity index (χ4n) is 3.67. The highest BCUT2D eigenvalue weighted by Gasteiger charge is 2.37. The quantitative estimate of drug-likeness (QED) is 0.842. The maximum absolute atomic E-state index is 12.6. The molecule has 1 saturated heterocycles. The number of carbonyl (C=O) groups excluding carboxylic acids is 1. The van der Waals surface area contributed by atoms with Gasteiger partial charge in [0.2, 0.25) is 5.91 Å². The topological polar surface area (TPSA) is 49.6 Å². The van der Waals surface area contributed by atoms with Gasteiger partial charge < -0.3 is 15.5 Å². The average Bonchev–Trinajstić information content (AvgIpc) is 2.38. The summed E-state index contributed by atoms with van der Waals surface area (Å²) in [7, 11) is 4.10. The molecule has 1 heterocycles. The summed E-state index contributed by atoms with van der Waals surface area (Å²) in [5.74, 6) is 0.778. The molecule has 110 valence electrons. The van der Waals surface area contributed by atoms with Crippen molar-refractivity contribution in [3.63, 3.8) is 0 Å². The summed E-state index contributed by atoms with van der Waals surface area (Å²) in [4.78, 5) is 16.8. The zero-order valence-corrected chi connectivity index (χ0v) is 12.5. The minimum absolute atomic E-state index is 0.167. The highest BCUT2D eigenvalue weighted by Crippen LogP contribution is 2.28. The molecule has 1 unspecified atom stereocenters. The molecule has 19 heavy (non-hydrogen) atoms. The predicted molar refractivity (Wildman–Crippen MR) is 77.9 cm³/mol. The lowest BCUT2D eigenvalue weighted by Gasteiger charge is -2.38. The first-order valence-electron chi connectivity index (χ1n) is 7.74. The van der Waals surface area contributed by atoms with E-state index in [1.54, 1.807) is 0 Å². The standard InChI is InChI=1S/C15H29N3O/c1-17-10-6-7-13(11-17)12-18(2)14(19)15(16)8-4-3-5-9-15/h13H,3-12,16H2,1-2H3.